The minimum atomic E-state index is -0.474. The van der Waals surface area contributed by atoms with Gasteiger partial charge < -0.3 is 10.4 Å². The summed E-state index contributed by atoms with van der Waals surface area (Å²) in [5, 5.41) is 21.2. The molecule has 2 atom stereocenters. The Morgan fingerprint density at radius 3 is 2.57 bits per heavy atom. The maximum absolute atomic E-state index is 13.6. The van der Waals surface area contributed by atoms with Crippen molar-refractivity contribution in [2.75, 3.05) is 13.2 Å². The maximum atomic E-state index is 13.6. The van der Waals surface area contributed by atoms with Gasteiger partial charge in [0.2, 0.25) is 0 Å². The molecule has 1 aromatic carbocycles. The first kappa shape index (κ1) is 17.6. The molecule has 3 nitrogen and oxygen atoms in total. The highest BCUT2D eigenvalue weighted by atomic mass is 19.1. The van der Waals surface area contributed by atoms with Crippen LogP contribution in [0, 0.1) is 29.0 Å². The van der Waals surface area contributed by atoms with Crippen molar-refractivity contribution in [2.45, 2.75) is 39.7 Å². The van der Waals surface area contributed by atoms with Crippen LogP contribution in [0.15, 0.2) is 18.2 Å². The molecule has 0 saturated carbocycles. The fourth-order valence-electron chi connectivity index (χ4n) is 2.51. The first-order valence-corrected chi connectivity index (χ1v) is 7.51. The highest BCUT2D eigenvalue weighted by Gasteiger charge is 2.14. The van der Waals surface area contributed by atoms with Crippen LogP contribution in [-0.2, 0) is 0 Å². The molecule has 0 saturated heterocycles. The van der Waals surface area contributed by atoms with Gasteiger partial charge in [-0.1, -0.05) is 19.9 Å². The van der Waals surface area contributed by atoms with Crippen LogP contribution in [0.5, 0.6) is 0 Å². The van der Waals surface area contributed by atoms with E-state index in [1.807, 2.05) is 13.0 Å². The Balaban J connectivity index is 2.61. The fourth-order valence-corrected chi connectivity index (χ4v) is 2.51. The van der Waals surface area contributed by atoms with E-state index >= 15 is 0 Å². The van der Waals surface area contributed by atoms with E-state index in [1.165, 1.54) is 12.1 Å². The van der Waals surface area contributed by atoms with Crippen molar-refractivity contribution >= 4 is 0 Å². The summed E-state index contributed by atoms with van der Waals surface area (Å²) >= 11 is 0. The normalized spacial score (nSPS) is 14.0. The zero-order chi connectivity index (χ0) is 15.8. The number of benzene rings is 1. The molecule has 0 bridgehead atoms. The molecule has 1 aromatic rings. The fraction of sp³-hybridized carbons (Fsp3) is 0.588. The molecule has 116 valence electrons. The standard InChI is InChI=1S/C17H25FN2O/c1-12(2)8-14(6-7-21)11-20-13(3)15-4-5-16(10-19)17(18)9-15/h4-5,9,12-14,20-21H,6-8,11H2,1-3H3. The van der Waals surface area contributed by atoms with Crippen molar-refractivity contribution in [2.24, 2.45) is 11.8 Å². The Hall–Kier alpha value is -1.44. The van der Waals surface area contributed by atoms with E-state index in [1.54, 1.807) is 6.07 Å². The predicted molar refractivity (Wildman–Crippen MR) is 82.2 cm³/mol. The van der Waals surface area contributed by atoms with Gasteiger partial charge in [-0.25, -0.2) is 4.39 Å². The van der Waals surface area contributed by atoms with Gasteiger partial charge in [-0.05, 0) is 55.8 Å². The maximum Gasteiger partial charge on any atom is 0.141 e. The molecule has 0 fully saturated rings. The second-order valence-electron chi connectivity index (χ2n) is 5.99. The number of hydrogen-bond acceptors (Lipinski definition) is 3. The molecule has 2 N–H and O–H groups in total. The lowest BCUT2D eigenvalue weighted by Gasteiger charge is -2.22. The molecular weight excluding hydrogens is 267 g/mol. The van der Waals surface area contributed by atoms with Crippen LogP contribution in [0.25, 0.3) is 0 Å². The summed E-state index contributed by atoms with van der Waals surface area (Å²) in [4.78, 5) is 0. The minimum absolute atomic E-state index is 0.0144. The molecule has 21 heavy (non-hydrogen) atoms. The van der Waals surface area contributed by atoms with Gasteiger partial charge >= 0.3 is 0 Å². The minimum Gasteiger partial charge on any atom is -0.396 e. The van der Waals surface area contributed by atoms with Gasteiger partial charge in [0.15, 0.2) is 0 Å². The molecule has 1 rings (SSSR count). The lowest BCUT2D eigenvalue weighted by molar-refractivity contribution is 0.237. The van der Waals surface area contributed by atoms with Crippen molar-refractivity contribution in [3.63, 3.8) is 0 Å². The van der Waals surface area contributed by atoms with Crippen molar-refractivity contribution in [3.05, 3.63) is 35.1 Å². The summed E-state index contributed by atoms with van der Waals surface area (Å²) < 4.78 is 13.6. The summed E-state index contributed by atoms with van der Waals surface area (Å²) in [5.41, 5.74) is 0.905. The lowest BCUT2D eigenvalue weighted by atomic mass is 9.94. The van der Waals surface area contributed by atoms with Crippen LogP contribution in [0.4, 0.5) is 4.39 Å². The van der Waals surface area contributed by atoms with Crippen LogP contribution in [0.3, 0.4) is 0 Å². The van der Waals surface area contributed by atoms with Gasteiger partial charge in [0, 0.05) is 12.6 Å². The average Bonchev–Trinajstić information content (AvgIpc) is 2.44. The number of aliphatic hydroxyl groups is 1. The Morgan fingerprint density at radius 2 is 2.05 bits per heavy atom. The summed E-state index contributed by atoms with van der Waals surface area (Å²) in [6.45, 7) is 7.31. The van der Waals surface area contributed by atoms with E-state index in [0.29, 0.717) is 11.8 Å². The molecule has 0 amide bonds. The highest BCUT2D eigenvalue weighted by Crippen LogP contribution is 2.19. The van der Waals surface area contributed by atoms with Gasteiger partial charge in [-0.3, -0.25) is 0 Å². The lowest BCUT2D eigenvalue weighted by Crippen LogP contribution is -2.27. The van der Waals surface area contributed by atoms with E-state index in [9.17, 15) is 4.39 Å². The number of aliphatic hydroxyl groups excluding tert-OH is 1. The average molecular weight is 292 g/mol. The molecular formula is C17H25FN2O. The number of nitrogens with one attached hydrogen (secondary N) is 1. The molecule has 0 aromatic heterocycles. The van der Waals surface area contributed by atoms with Gasteiger partial charge in [0.1, 0.15) is 11.9 Å². The number of nitriles is 1. The van der Waals surface area contributed by atoms with Crippen LogP contribution in [-0.4, -0.2) is 18.3 Å². The van der Waals surface area contributed by atoms with Crippen molar-refractivity contribution < 1.29 is 9.50 Å². The molecule has 0 aliphatic carbocycles. The number of nitrogens with zero attached hydrogens (tertiary/aromatic N) is 1. The highest BCUT2D eigenvalue weighted by molar-refractivity contribution is 5.34. The van der Waals surface area contributed by atoms with Crippen LogP contribution < -0.4 is 5.32 Å². The SMILES string of the molecule is CC(C)CC(CCO)CNC(C)c1ccc(C#N)c(F)c1. The largest absolute Gasteiger partial charge is 0.396 e. The van der Waals surface area contributed by atoms with Gasteiger partial charge in [0.05, 0.1) is 5.56 Å². The number of rotatable bonds is 8. The van der Waals surface area contributed by atoms with E-state index in [4.69, 9.17) is 10.4 Å². The summed E-state index contributed by atoms with van der Waals surface area (Å²) in [7, 11) is 0. The Morgan fingerprint density at radius 1 is 1.33 bits per heavy atom. The summed E-state index contributed by atoms with van der Waals surface area (Å²) in [6.07, 6.45) is 1.83. The zero-order valence-electron chi connectivity index (χ0n) is 13.1. The van der Waals surface area contributed by atoms with E-state index in [-0.39, 0.29) is 18.2 Å². The molecule has 2 unspecified atom stereocenters. The molecule has 0 spiro atoms. The van der Waals surface area contributed by atoms with Crippen LogP contribution >= 0.6 is 0 Å². The first-order chi connectivity index (χ1) is 9.97. The third-order valence-electron chi connectivity index (χ3n) is 3.67. The first-order valence-electron chi connectivity index (χ1n) is 7.51. The Bertz CT molecular complexity index is 482. The molecule has 0 heterocycles. The topological polar surface area (TPSA) is 56.0 Å². The second-order valence-corrected chi connectivity index (χ2v) is 5.99. The smallest absolute Gasteiger partial charge is 0.141 e. The summed E-state index contributed by atoms with van der Waals surface area (Å²) in [5.74, 6) is 0.532. The number of hydrogen-bond donors (Lipinski definition) is 2. The molecule has 4 heteroatoms. The number of halogens is 1. The van der Waals surface area contributed by atoms with E-state index in [0.717, 1.165) is 24.9 Å². The Labute approximate surface area is 126 Å². The van der Waals surface area contributed by atoms with Gasteiger partial charge in [-0.2, -0.15) is 5.26 Å². The van der Waals surface area contributed by atoms with Crippen molar-refractivity contribution in [1.29, 1.82) is 5.26 Å². The van der Waals surface area contributed by atoms with Gasteiger partial charge in [0.25, 0.3) is 0 Å². The van der Waals surface area contributed by atoms with Crippen molar-refractivity contribution in [1.82, 2.24) is 5.32 Å². The second kappa shape index (κ2) is 8.76. The third kappa shape index (κ3) is 5.82. The van der Waals surface area contributed by atoms with Gasteiger partial charge in [-0.15, -0.1) is 0 Å². The molecule has 0 radical (unpaired) electrons. The van der Waals surface area contributed by atoms with Crippen LogP contribution in [0.1, 0.15) is 50.8 Å². The molecule has 0 aliphatic rings. The van der Waals surface area contributed by atoms with Crippen LogP contribution in [0.2, 0.25) is 0 Å². The van der Waals surface area contributed by atoms with E-state index < -0.39 is 5.82 Å². The quantitative estimate of drug-likeness (QED) is 0.772. The zero-order valence-corrected chi connectivity index (χ0v) is 13.1. The Kier molecular flexibility index (Phi) is 7.35. The molecule has 0 aliphatic heterocycles. The third-order valence-corrected chi connectivity index (χ3v) is 3.67. The predicted octanol–water partition coefficient (Wildman–Crippen LogP) is 3.39. The van der Waals surface area contributed by atoms with Crippen molar-refractivity contribution in [3.8, 4) is 6.07 Å². The summed E-state index contributed by atoms with van der Waals surface area (Å²) in [6, 6.07) is 6.55. The van der Waals surface area contributed by atoms with E-state index in [2.05, 4.69) is 19.2 Å². The monoisotopic (exact) mass is 292 g/mol.